The molecule has 17 heteroatoms. The highest BCUT2D eigenvalue weighted by Crippen LogP contribution is 2.34. The maximum absolute atomic E-state index is 15.7. The quantitative estimate of drug-likeness (QED) is 0.0692. The predicted octanol–water partition coefficient (Wildman–Crippen LogP) is 5.53. The molecule has 0 aromatic heterocycles. The number of benzene rings is 4. The Hall–Kier alpha value is -6.95. The summed E-state index contributed by atoms with van der Waals surface area (Å²) < 4.78 is 5.82. The molecule has 0 radical (unpaired) electrons. The van der Waals surface area contributed by atoms with Gasteiger partial charge in [-0.1, -0.05) is 133 Å². The molecule has 1 aliphatic carbocycles. The second-order valence-electron chi connectivity index (χ2n) is 23.7. The van der Waals surface area contributed by atoms with Crippen LogP contribution in [0.1, 0.15) is 130 Å². The maximum Gasteiger partial charge on any atom is 0.251 e. The van der Waals surface area contributed by atoms with E-state index in [0.29, 0.717) is 11.1 Å². The predicted molar refractivity (Wildman–Crippen MR) is 304 cm³/mol. The number of carbonyl (C=O) groups is 7. The minimum Gasteiger partial charge on any atom is -0.382 e. The molecule has 9 unspecified atom stereocenters. The van der Waals surface area contributed by atoms with Crippen LogP contribution < -0.4 is 31.9 Å². The van der Waals surface area contributed by atoms with Crippen molar-refractivity contribution in [3.63, 3.8) is 0 Å². The number of hydrogen-bond acceptors (Lipinski definition) is 10. The molecular weight excluding hydrogens is 999 g/mol. The van der Waals surface area contributed by atoms with Crippen LogP contribution in [-0.2, 0) is 59.4 Å². The van der Waals surface area contributed by atoms with E-state index in [9.17, 15) is 24.0 Å². The van der Waals surface area contributed by atoms with Crippen molar-refractivity contribution in [1.82, 2.24) is 46.6 Å². The molecule has 4 aromatic carbocycles. The van der Waals surface area contributed by atoms with Crippen LogP contribution in [0, 0.1) is 10.8 Å². The molecule has 0 saturated carbocycles. The summed E-state index contributed by atoms with van der Waals surface area (Å²) in [6.07, 6.45) is 2.95. The minimum absolute atomic E-state index is 0.0343. The van der Waals surface area contributed by atoms with Crippen LogP contribution in [0.25, 0.3) is 0 Å². The Bertz CT molecular complexity index is 2810. The fourth-order valence-corrected chi connectivity index (χ4v) is 11.0. The van der Waals surface area contributed by atoms with E-state index in [4.69, 9.17) is 4.74 Å². The van der Waals surface area contributed by atoms with Gasteiger partial charge in [0.05, 0.1) is 30.8 Å². The molecule has 1 saturated heterocycles. The first-order valence-corrected chi connectivity index (χ1v) is 27.8. The smallest absolute Gasteiger partial charge is 0.251 e. The monoisotopic (exact) mass is 1080 g/mol. The molecule has 424 valence electrons. The largest absolute Gasteiger partial charge is 0.382 e. The van der Waals surface area contributed by atoms with Crippen molar-refractivity contribution < 1.29 is 38.3 Å². The number of nitrogens with one attached hydrogen (secondary N) is 6. The maximum atomic E-state index is 15.7. The summed E-state index contributed by atoms with van der Waals surface area (Å²) in [6, 6.07) is 26.0. The molecule has 1 fully saturated rings. The standard InChI is InChI=1S/C62H83N9O8/c1-38(63-9)54(72)67-52(61(3,4)5)59(77)70-35-45-24-16-15-23-44(45)32-50(70)58(76)69(51(37-79-11)42-21-13-12-14-22-42)34-40-28-30-43(31-29-40)56(74)65-46-33-49(57(75)66-48-27-19-25-41-20-17-18-26-47(41)48)71(36-46)60(78)53(62(6,7)8)68-55(73)39(2)64-10/h12-18,20-24,26,28-31,38-39,46,48-53,63-64H,19,25,27,32-37H2,1-11H3,(H,65,74)(H,66,75)(H,67,72)(H,68,73). The third-order valence-corrected chi connectivity index (χ3v) is 15.9. The number of ether oxygens (including phenoxy) is 1. The SMILES string of the molecule is CNC(C)C(=O)NC(C(=O)N1CC(NC(=O)c2ccc(CN(C(=O)C3Cc4ccccc4CN3C(=O)C(NC(=O)C(C)NC)C(C)(C)C)C(COC)c3ccccc3)cc2)CC1C(=O)NC1CCCc2ccccc21)C(C)(C)C. The highest BCUT2D eigenvalue weighted by Gasteiger charge is 2.47. The number of nitrogens with zero attached hydrogens (tertiary/aromatic N) is 3. The average Bonchev–Trinajstić information content (AvgIpc) is 3.92. The van der Waals surface area contributed by atoms with Crippen LogP contribution in [0.4, 0.5) is 0 Å². The third kappa shape index (κ3) is 14.3. The average molecular weight is 1080 g/mol. The van der Waals surface area contributed by atoms with Gasteiger partial charge in [0.25, 0.3) is 5.91 Å². The number of methoxy groups -OCH3 is 1. The fourth-order valence-electron chi connectivity index (χ4n) is 11.0. The molecule has 0 spiro atoms. The summed E-state index contributed by atoms with van der Waals surface area (Å²) in [4.78, 5) is 106. The van der Waals surface area contributed by atoms with Crippen LogP contribution in [0.2, 0.25) is 0 Å². The van der Waals surface area contributed by atoms with Crippen LogP contribution in [0.15, 0.2) is 103 Å². The van der Waals surface area contributed by atoms with Gasteiger partial charge in [0.2, 0.25) is 35.4 Å². The van der Waals surface area contributed by atoms with Gasteiger partial charge in [-0.3, -0.25) is 33.6 Å². The lowest BCUT2D eigenvalue weighted by Gasteiger charge is -2.43. The molecule has 9 atom stereocenters. The summed E-state index contributed by atoms with van der Waals surface area (Å²) in [5, 5.41) is 18.2. The topological polar surface area (TPSA) is 211 Å². The molecule has 4 aromatic rings. The lowest BCUT2D eigenvalue weighted by Crippen LogP contribution is -2.62. The Morgan fingerprint density at radius 2 is 1.23 bits per heavy atom. The van der Waals surface area contributed by atoms with Crippen LogP contribution in [0.5, 0.6) is 0 Å². The van der Waals surface area contributed by atoms with Gasteiger partial charge >= 0.3 is 0 Å². The Morgan fingerprint density at radius 3 is 1.81 bits per heavy atom. The molecule has 7 amide bonds. The van der Waals surface area contributed by atoms with Crippen molar-refractivity contribution in [2.24, 2.45) is 10.8 Å². The van der Waals surface area contributed by atoms with Gasteiger partial charge < -0.3 is 51.3 Å². The van der Waals surface area contributed by atoms with Gasteiger partial charge in [-0.15, -0.1) is 0 Å². The Balaban J connectivity index is 1.16. The number of amides is 7. The van der Waals surface area contributed by atoms with Crippen molar-refractivity contribution >= 4 is 41.4 Å². The zero-order chi connectivity index (χ0) is 57.3. The zero-order valence-corrected chi connectivity index (χ0v) is 48.0. The molecular formula is C62H83N9O8. The van der Waals surface area contributed by atoms with E-state index in [1.165, 1.54) is 10.5 Å². The summed E-state index contributed by atoms with van der Waals surface area (Å²) in [5.41, 5.74) is 4.51. The molecule has 7 rings (SSSR count). The van der Waals surface area contributed by atoms with Gasteiger partial charge in [-0.2, -0.15) is 0 Å². The molecule has 3 aliphatic rings. The fraction of sp³-hybridized carbons (Fsp3) is 0.500. The summed E-state index contributed by atoms with van der Waals surface area (Å²) in [7, 11) is 4.93. The molecule has 2 heterocycles. The van der Waals surface area contributed by atoms with Crippen LogP contribution in [0.3, 0.4) is 0 Å². The first-order valence-electron chi connectivity index (χ1n) is 27.8. The van der Waals surface area contributed by atoms with Gasteiger partial charge in [0.1, 0.15) is 24.2 Å². The summed E-state index contributed by atoms with van der Waals surface area (Å²) in [6.45, 7) is 15.1. The number of carbonyl (C=O) groups excluding carboxylic acids is 7. The number of likely N-dealkylation sites (N-methyl/N-ethyl adjacent to an activating group) is 2. The lowest BCUT2D eigenvalue weighted by molar-refractivity contribution is -0.153. The lowest BCUT2D eigenvalue weighted by atomic mass is 9.84. The zero-order valence-electron chi connectivity index (χ0n) is 48.0. The second kappa shape index (κ2) is 25.9. The van der Waals surface area contributed by atoms with Crippen molar-refractivity contribution in [3.8, 4) is 0 Å². The molecule has 0 bridgehead atoms. The van der Waals surface area contributed by atoms with E-state index < -0.39 is 71.0 Å². The van der Waals surface area contributed by atoms with E-state index in [-0.39, 0.29) is 74.7 Å². The van der Waals surface area contributed by atoms with Gasteiger partial charge in [0.15, 0.2) is 0 Å². The van der Waals surface area contributed by atoms with Gasteiger partial charge in [-0.25, -0.2) is 0 Å². The normalized spacial score (nSPS) is 20.0. The van der Waals surface area contributed by atoms with Crippen molar-refractivity contribution in [1.29, 1.82) is 0 Å². The summed E-state index contributed by atoms with van der Waals surface area (Å²) in [5.74, 6) is -2.52. The Kier molecular flexibility index (Phi) is 19.6. The highest BCUT2D eigenvalue weighted by atomic mass is 16.5. The number of likely N-dealkylation sites (tertiary alicyclic amines) is 1. The van der Waals surface area contributed by atoms with E-state index >= 15 is 9.59 Å². The minimum atomic E-state index is -0.974. The van der Waals surface area contributed by atoms with Crippen molar-refractivity contribution in [2.75, 3.05) is 34.4 Å². The van der Waals surface area contributed by atoms with Crippen molar-refractivity contribution in [3.05, 3.63) is 142 Å². The molecule has 17 nitrogen and oxygen atoms in total. The molecule has 6 N–H and O–H groups in total. The number of hydrogen-bond donors (Lipinski definition) is 6. The number of rotatable bonds is 19. The third-order valence-electron chi connectivity index (χ3n) is 15.9. The second-order valence-corrected chi connectivity index (χ2v) is 23.7. The summed E-state index contributed by atoms with van der Waals surface area (Å²) >= 11 is 0. The van der Waals surface area contributed by atoms with Crippen LogP contribution >= 0.6 is 0 Å². The number of fused-ring (bicyclic) bond motifs is 2. The number of aryl methyl sites for hydroxylation is 1. The first-order chi connectivity index (χ1) is 37.5. The van der Waals surface area contributed by atoms with Gasteiger partial charge in [0, 0.05) is 44.8 Å². The Morgan fingerprint density at radius 1 is 0.671 bits per heavy atom. The first kappa shape index (κ1) is 59.7. The van der Waals surface area contributed by atoms with E-state index in [1.54, 1.807) is 69.1 Å². The van der Waals surface area contributed by atoms with Crippen LogP contribution in [-0.4, -0.2) is 133 Å². The van der Waals surface area contributed by atoms with E-state index in [1.807, 2.05) is 114 Å². The van der Waals surface area contributed by atoms with E-state index in [2.05, 4.69) is 38.0 Å². The highest BCUT2D eigenvalue weighted by molar-refractivity contribution is 5.97. The Labute approximate surface area is 466 Å². The van der Waals surface area contributed by atoms with Crippen molar-refractivity contribution in [2.45, 2.75) is 155 Å². The molecule has 79 heavy (non-hydrogen) atoms. The molecule has 2 aliphatic heterocycles. The van der Waals surface area contributed by atoms with Gasteiger partial charge in [-0.05, 0) is 110 Å². The van der Waals surface area contributed by atoms with E-state index in [0.717, 1.165) is 41.5 Å².